The minimum Gasteiger partial charge on any atom is -0.490 e. The summed E-state index contributed by atoms with van der Waals surface area (Å²) in [6.45, 7) is -0.151. The number of rotatable bonds is 8. The maximum atomic E-state index is 14.5. The number of carboxylic acid groups (broad SMARTS) is 1. The molecular formula is C22H22F2O4. The molecule has 0 heterocycles. The number of aliphatic carboxylic acids is 1. The lowest BCUT2D eigenvalue weighted by Gasteiger charge is -2.26. The van der Waals surface area contributed by atoms with Crippen molar-refractivity contribution in [2.75, 3.05) is 6.61 Å². The molecule has 2 saturated carbocycles. The molecule has 0 radical (unpaired) electrons. The maximum absolute atomic E-state index is 14.5. The Morgan fingerprint density at radius 3 is 2.54 bits per heavy atom. The highest BCUT2D eigenvalue weighted by molar-refractivity contribution is 5.68. The van der Waals surface area contributed by atoms with Gasteiger partial charge in [0.25, 0.3) is 0 Å². The van der Waals surface area contributed by atoms with Crippen molar-refractivity contribution in [2.45, 2.75) is 44.4 Å². The quantitative estimate of drug-likeness (QED) is 0.691. The zero-order chi connectivity index (χ0) is 19.7. The molecule has 0 spiro atoms. The second-order valence-electron chi connectivity index (χ2n) is 7.74. The standard InChI is InChI=1S/C22H22F2O4/c23-18-10-15(14-3-1-6-17(9-14)28-16-4-2-5-16)7-8-19(18)27-13-22(11-20(22)24)12-21(25)26/h1,3,6-10,16,20H,2,4-5,11-13H2,(H,25,26). The fraction of sp³-hybridized carbons (Fsp3) is 0.409. The second-order valence-corrected chi connectivity index (χ2v) is 7.74. The molecule has 2 atom stereocenters. The Morgan fingerprint density at radius 2 is 1.93 bits per heavy atom. The van der Waals surface area contributed by atoms with Gasteiger partial charge in [0.2, 0.25) is 0 Å². The summed E-state index contributed by atoms with van der Waals surface area (Å²) in [6, 6.07) is 12.1. The first kappa shape index (κ1) is 18.7. The van der Waals surface area contributed by atoms with Crippen LogP contribution in [0.2, 0.25) is 0 Å². The van der Waals surface area contributed by atoms with Crippen LogP contribution in [0.4, 0.5) is 8.78 Å². The third-order valence-electron chi connectivity index (χ3n) is 5.56. The van der Waals surface area contributed by atoms with Gasteiger partial charge in [0.15, 0.2) is 11.6 Å². The van der Waals surface area contributed by atoms with E-state index in [1.165, 1.54) is 18.6 Å². The maximum Gasteiger partial charge on any atom is 0.304 e. The lowest BCUT2D eigenvalue weighted by atomic mass is 9.96. The average molecular weight is 388 g/mol. The average Bonchev–Trinajstić information content (AvgIpc) is 3.25. The first-order valence-corrected chi connectivity index (χ1v) is 9.50. The van der Waals surface area contributed by atoms with E-state index >= 15 is 0 Å². The van der Waals surface area contributed by atoms with Gasteiger partial charge in [-0.25, -0.2) is 8.78 Å². The fourth-order valence-corrected chi connectivity index (χ4v) is 3.43. The van der Waals surface area contributed by atoms with Gasteiger partial charge in [-0.15, -0.1) is 0 Å². The minimum atomic E-state index is -1.22. The largest absolute Gasteiger partial charge is 0.490 e. The van der Waals surface area contributed by atoms with E-state index in [4.69, 9.17) is 14.6 Å². The summed E-state index contributed by atoms with van der Waals surface area (Å²) >= 11 is 0. The molecule has 28 heavy (non-hydrogen) atoms. The van der Waals surface area contributed by atoms with Crippen LogP contribution in [0, 0.1) is 11.2 Å². The highest BCUT2D eigenvalue weighted by atomic mass is 19.1. The van der Waals surface area contributed by atoms with Gasteiger partial charge in [-0.05, 0) is 61.1 Å². The molecule has 0 saturated heterocycles. The van der Waals surface area contributed by atoms with E-state index in [1.807, 2.05) is 24.3 Å². The third kappa shape index (κ3) is 3.96. The fourth-order valence-electron chi connectivity index (χ4n) is 3.43. The molecule has 6 heteroatoms. The normalized spacial score (nSPS) is 23.7. The molecule has 4 rings (SSSR count). The number of carboxylic acids is 1. The van der Waals surface area contributed by atoms with Gasteiger partial charge in [0.1, 0.15) is 11.9 Å². The zero-order valence-corrected chi connectivity index (χ0v) is 15.4. The summed E-state index contributed by atoms with van der Waals surface area (Å²) in [5.41, 5.74) is 0.471. The summed E-state index contributed by atoms with van der Waals surface area (Å²) in [6.07, 6.45) is 2.18. The molecule has 2 aromatic rings. The number of ether oxygens (including phenoxy) is 2. The number of carbonyl (C=O) groups is 1. The predicted molar refractivity (Wildman–Crippen MR) is 99.8 cm³/mol. The van der Waals surface area contributed by atoms with Crippen LogP contribution in [0.1, 0.15) is 32.1 Å². The van der Waals surface area contributed by atoms with Gasteiger partial charge in [-0.3, -0.25) is 4.79 Å². The number of halogens is 2. The minimum absolute atomic E-state index is 0.00511. The third-order valence-corrected chi connectivity index (χ3v) is 5.56. The summed E-state index contributed by atoms with van der Waals surface area (Å²) < 4.78 is 39.4. The molecule has 0 aromatic heterocycles. The van der Waals surface area contributed by atoms with E-state index in [2.05, 4.69) is 0 Å². The zero-order valence-electron chi connectivity index (χ0n) is 15.4. The van der Waals surface area contributed by atoms with Crippen molar-refractivity contribution < 1.29 is 28.2 Å². The lowest BCUT2D eigenvalue weighted by Crippen LogP contribution is -2.24. The molecule has 0 aliphatic heterocycles. The molecule has 1 N–H and O–H groups in total. The van der Waals surface area contributed by atoms with Crippen LogP contribution in [0.25, 0.3) is 11.1 Å². The molecule has 4 nitrogen and oxygen atoms in total. The van der Waals surface area contributed by atoms with E-state index in [-0.39, 0.29) is 31.3 Å². The van der Waals surface area contributed by atoms with Crippen molar-refractivity contribution in [3.63, 3.8) is 0 Å². The van der Waals surface area contributed by atoms with Gasteiger partial charge in [-0.1, -0.05) is 18.2 Å². The Balaban J connectivity index is 1.44. The molecule has 148 valence electrons. The van der Waals surface area contributed by atoms with Crippen LogP contribution in [-0.2, 0) is 4.79 Å². The summed E-state index contributed by atoms with van der Waals surface area (Å²) in [5, 5.41) is 8.91. The van der Waals surface area contributed by atoms with E-state index in [1.54, 1.807) is 6.07 Å². The van der Waals surface area contributed by atoms with Crippen molar-refractivity contribution in [3.8, 4) is 22.6 Å². The van der Waals surface area contributed by atoms with Crippen LogP contribution < -0.4 is 9.47 Å². The second kappa shape index (κ2) is 7.41. The number of hydrogen-bond acceptors (Lipinski definition) is 3. The van der Waals surface area contributed by atoms with E-state index in [0.29, 0.717) is 5.56 Å². The van der Waals surface area contributed by atoms with Gasteiger partial charge in [0.05, 0.1) is 19.1 Å². The molecule has 2 aromatic carbocycles. The molecule has 2 aliphatic rings. The summed E-state index contributed by atoms with van der Waals surface area (Å²) in [4.78, 5) is 10.9. The van der Waals surface area contributed by atoms with Crippen LogP contribution in [0.3, 0.4) is 0 Å². The van der Waals surface area contributed by atoms with Gasteiger partial charge in [0, 0.05) is 5.41 Å². The van der Waals surface area contributed by atoms with Gasteiger partial charge >= 0.3 is 5.97 Å². The Labute approximate surface area is 162 Å². The van der Waals surface area contributed by atoms with Crippen molar-refractivity contribution in [2.24, 2.45) is 5.41 Å². The van der Waals surface area contributed by atoms with Crippen LogP contribution >= 0.6 is 0 Å². The van der Waals surface area contributed by atoms with Gasteiger partial charge < -0.3 is 14.6 Å². The number of alkyl halides is 1. The topological polar surface area (TPSA) is 55.8 Å². The smallest absolute Gasteiger partial charge is 0.304 e. The van der Waals surface area contributed by atoms with Crippen molar-refractivity contribution in [1.82, 2.24) is 0 Å². The monoisotopic (exact) mass is 388 g/mol. The van der Waals surface area contributed by atoms with Crippen LogP contribution in [-0.4, -0.2) is 30.0 Å². The first-order chi connectivity index (χ1) is 13.4. The molecular weight excluding hydrogens is 366 g/mol. The lowest BCUT2D eigenvalue weighted by molar-refractivity contribution is -0.139. The van der Waals surface area contributed by atoms with Crippen molar-refractivity contribution in [3.05, 3.63) is 48.3 Å². The molecule has 2 unspecified atom stereocenters. The SMILES string of the molecule is O=C(O)CC1(COc2ccc(-c3cccc(OC4CCC4)c3)cc2F)CC1F. The van der Waals surface area contributed by atoms with Crippen molar-refractivity contribution in [1.29, 1.82) is 0 Å². The summed E-state index contributed by atoms with van der Waals surface area (Å²) in [5.74, 6) is -0.885. The Kier molecular flexibility index (Phi) is 4.96. The Bertz CT molecular complexity index is 881. The Morgan fingerprint density at radius 1 is 1.18 bits per heavy atom. The number of benzene rings is 2. The molecule has 0 amide bonds. The summed E-state index contributed by atoms with van der Waals surface area (Å²) in [7, 11) is 0. The highest BCUT2D eigenvalue weighted by Gasteiger charge is 2.57. The van der Waals surface area contributed by atoms with Gasteiger partial charge in [-0.2, -0.15) is 0 Å². The molecule has 2 fully saturated rings. The molecule has 2 aliphatic carbocycles. The Hall–Kier alpha value is -2.63. The first-order valence-electron chi connectivity index (χ1n) is 9.50. The number of hydrogen-bond donors (Lipinski definition) is 1. The van der Waals surface area contributed by atoms with E-state index in [9.17, 15) is 13.6 Å². The van der Waals surface area contributed by atoms with Crippen LogP contribution in [0.5, 0.6) is 11.5 Å². The van der Waals surface area contributed by atoms with Crippen molar-refractivity contribution >= 4 is 5.97 Å². The highest BCUT2D eigenvalue weighted by Crippen LogP contribution is 2.51. The predicted octanol–water partition coefficient (Wildman–Crippen LogP) is 5.01. The molecule has 0 bridgehead atoms. The van der Waals surface area contributed by atoms with E-state index in [0.717, 1.165) is 24.2 Å². The van der Waals surface area contributed by atoms with Crippen LogP contribution in [0.15, 0.2) is 42.5 Å². The van der Waals surface area contributed by atoms with E-state index < -0.39 is 23.4 Å².